The number of nitrogens with one attached hydrogen (secondary N) is 1. The zero-order valence-electron chi connectivity index (χ0n) is 14.0. The molecule has 1 atom stereocenters. The summed E-state index contributed by atoms with van der Waals surface area (Å²) in [6, 6.07) is -0.804. The molecule has 0 unspecified atom stereocenters. The fourth-order valence-corrected chi connectivity index (χ4v) is 2.13. The number of halogens is 6. The summed E-state index contributed by atoms with van der Waals surface area (Å²) in [5.41, 5.74) is -4.16. The summed E-state index contributed by atoms with van der Waals surface area (Å²) in [6.07, 6.45) is -4.57. The lowest BCUT2D eigenvalue weighted by Crippen LogP contribution is -2.41. The van der Waals surface area contributed by atoms with E-state index < -0.39 is 47.0 Å². The largest absolute Gasteiger partial charge is 0.467 e. The van der Waals surface area contributed by atoms with Gasteiger partial charge in [-0.2, -0.15) is 26.3 Å². The van der Waals surface area contributed by atoms with Crippen LogP contribution >= 0.6 is 0 Å². The van der Waals surface area contributed by atoms with E-state index in [0.717, 1.165) is 7.11 Å². The third kappa shape index (κ3) is 6.51. The Hall–Kier alpha value is -2.70. The second kappa shape index (κ2) is 8.79. The molecular weight excluding hydrogens is 380 g/mol. The molecule has 1 aromatic rings. The predicted molar refractivity (Wildman–Crippen MR) is 82.4 cm³/mol. The molecule has 1 aromatic carbocycles. The lowest BCUT2D eigenvalue weighted by atomic mass is 10.0. The van der Waals surface area contributed by atoms with Gasteiger partial charge < -0.3 is 10.1 Å². The molecule has 1 rings (SSSR count). The van der Waals surface area contributed by atoms with E-state index in [9.17, 15) is 35.9 Å². The minimum absolute atomic E-state index is 0.00764. The average Bonchev–Trinajstić information content (AvgIpc) is 2.58. The monoisotopic (exact) mass is 395 g/mol. The van der Waals surface area contributed by atoms with Crippen LogP contribution in [0.1, 0.15) is 40.7 Å². The van der Waals surface area contributed by atoms with E-state index in [1.165, 1.54) is 0 Å². The van der Waals surface area contributed by atoms with Gasteiger partial charge in [0.25, 0.3) is 5.91 Å². The fraction of sp³-hybridized carbons (Fsp3) is 0.412. The van der Waals surface area contributed by atoms with Gasteiger partial charge in [0.1, 0.15) is 6.04 Å². The number of unbranched alkanes of at least 4 members (excludes halogenated alkanes) is 1. The number of carbonyl (C=O) groups excluding carboxylic acids is 2. The van der Waals surface area contributed by atoms with Gasteiger partial charge >= 0.3 is 18.3 Å². The van der Waals surface area contributed by atoms with Crippen molar-refractivity contribution < 1.29 is 40.7 Å². The number of terminal acetylenes is 1. The van der Waals surface area contributed by atoms with Crippen LogP contribution in [0, 0.1) is 12.3 Å². The normalized spacial score (nSPS) is 12.8. The highest BCUT2D eigenvalue weighted by atomic mass is 19.4. The van der Waals surface area contributed by atoms with Crippen LogP contribution in [-0.2, 0) is 21.9 Å². The summed E-state index contributed by atoms with van der Waals surface area (Å²) in [7, 11) is 1.02. The molecule has 1 N–H and O–H groups in total. The number of hydrogen-bond donors (Lipinski definition) is 1. The second-order valence-electron chi connectivity index (χ2n) is 5.44. The van der Waals surface area contributed by atoms with Crippen LogP contribution < -0.4 is 5.32 Å². The minimum Gasteiger partial charge on any atom is -0.467 e. The molecule has 10 heteroatoms. The van der Waals surface area contributed by atoms with Crippen molar-refractivity contribution in [3.63, 3.8) is 0 Å². The first-order chi connectivity index (χ1) is 12.4. The highest BCUT2D eigenvalue weighted by molar-refractivity contribution is 5.97. The maximum Gasteiger partial charge on any atom is 0.416 e. The molecule has 0 aliphatic heterocycles. The van der Waals surface area contributed by atoms with Crippen LogP contribution in [0.15, 0.2) is 18.2 Å². The van der Waals surface area contributed by atoms with Gasteiger partial charge in [-0.15, -0.1) is 12.3 Å². The standard InChI is InChI=1S/C17H15F6NO3/c1-3-4-5-6-13(15(26)27-2)24-14(25)10-7-11(16(18,19)20)9-12(8-10)17(21,22)23/h1,7-9,13H,4-6H2,2H3,(H,24,25)/t13-/m1/s1. The molecule has 0 aliphatic rings. The first kappa shape index (κ1) is 22.3. The van der Waals surface area contributed by atoms with Crippen LogP contribution in [0.3, 0.4) is 0 Å². The molecule has 0 bridgehead atoms. The summed E-state index contributed by atoms with van der Waals surface area (Å²) in [4.78, 5) is 23.8. The van der Waals surface area contributed by atoms with Gasteiger partial charge in [0.15, 0.2) is 0 Å². The Labute approximate surface area is 150 Å². The quantitative estimate of drug-likeness (QED) is 0.345. The molecule has 0 saturated heterocycles. The van der Waals surface area contributed by atoms with E-state index in [2.05, 4.69) is 16.0 Å². The van der Waals surface area contributed by atoms with Gasteiger partial charge in [-0.3, -0.25) is 4.79 Å². The van der Waals surface area contributed by atoms with E-state index >= 15 is 0 Å². The Morgan fingerprint density at radius 2 is 1.63 bits per heavy atom. The topological polar surface area (TPSA) is 55.4 Å². The number of alkyl halides is 6. The number of ether oxygens (including phenoxy) is 1. The molecule has 0 aliphatic carbocycles. The van der Waals surface area contributed by atoms with Crippen LogP contribution in [0.2, 0.25) is 0 Å². The summed E-state index contributed by atoms with van der Waals surface area (Å²) < 4.78 is 81.6. The zero-order valence-corrected chi connectivity index (χ0v) is 14.0. The summed E-state index contributed by atoms with van der Waals surface area (Å²) in [5, 5.41) is 2.08. The highest BCUT2D eigenvalue weighted by Gasteiger charge is 2.37. The Balaban J connectivity index is 3.20. The van der Waals surface area contributed by atoms with Crippen molar-refractivity contribution >= 4 is 11.9 Å². The number of hydrogen-bond acceptors (Lipinski definition) is 3. The van der Waals surface area contributed by atoms with Gasteiger partial charge in [0, 0.05) is 12.0 Å². The molecule has 0 aromatic heterocycles. The molecule has 0 heterocycles. The molecule has 1 amide bonds. The molecule has 148 valence electrons. The van der Waals surface area contributed by atoms with Crippen LogP contribution in [0.25, 0.3) is 0 Å². The zero-order chi connectivity index (χ0) is 20.8. The molecule has 0 fully saturated rings. The van der Waals surface area contributed by atoms with Gasteiger partial charge in [-0.1, -0.05) is 0 Å². The molecule has 27 heavy (non-hydrogen) atoms. The van der Waals surface area contributed by atoms with Gasteiger partial charge in [0.2, 0.25) is 0 Å². The minimum atomic E-state index is -5.09. The third-order valence-corrected chi connectivity index (χ3v) is 3.45. The number of methoxy groups -OCH3 is 1. The maximum absolute atomic E-state index is 12.9. The molecule has 0 radical (unpaired) electrons. The first-order valence-corrected chi connectivity index (χ1v) is 7.51. The van der Waals surface area contributed by atoms with E-state index in [4.69, 9.17) is 6.42 Å². The van der Waals surface area contributed by atoms with E-state index in [-0.39, 0.29) is 37.5 Å². The molecule has 0 spiro atoms. The summed E-state index contributed by atoms with van der Waals surface area (Å²) >= 11 is 0. The lowest BCUT2D eigenvalue weighted by Gasteiger charge is -2.18. The number of amides is 1. The first-order valence-electron chi connectivity index (χ1n) is 7.51. The summed E-state index contributed by atoms with van der Waals surface area (Å²) in [6.45, 7) is 0. The van der Waals surface area contributed by atoms with Crippen LogP contribution in [0.4, 0.5) is 26.3 Å². The fourth-order valence-electron chi connectivity index (χ4n) is 2.13. The number of carbonyl (C=O) groups is 2. The van der Waals surface area contributed by atoms with Crippen molar-refractivity contribution in [2.75, 3.05) is 7.11 Å². The van der Waals surface area contributed by atoms with E-state index in [0.29, 0.717) is 0 Å². The Morgan fingerprint density at radius 1 is 1.11 bits per heavy atom. The number of benzene rings is 1. The highest BCUT2D eigenvalue weighted by Crippen LogP contribution is 2.36. The Kier molecular flexibility index (Phi) is 7.28. The maximum atomic E-state index is 12.9. The van der Waals surface area contributed by atoms with Crippen molar-refractivity contribution in [2.45, 2.75) is 37.7 Å². The Morgan fingerprint density at radius 3 is 2.04 bits per heavy atom. The van der Waals surface area contributed by atoms with Gasteiger partial charge in [-0.25, -0.2) is 4.79 Å². The molecule has 0 saturated carbocycles. The lowest BCUT2D eigenvalue weighted by molar-refractivity contribution is -0.144. The SMILES string of the molecule is C#CCCC[C@@H](NC(=O)c1cc(C(F)(F)F)cc(C(F)(F)F)c1)C(=O)OC. The number of rotatable bonds is 6. The second-order valence-corrected chi connectivity index (χ2v) is 5.44. The molecular formula is C17H15F6NO3. The van der Waals surface area contributed by atoms with Crippen LogP contribution in [-0.4, -0.2) is 25.0 Å². The van der Waals surface area contributed by atoms with Crippen molar-refractivity contribution in [3.05, 3.63) is 34.9 Å². The average molecular weight is 395 g/mol. The predicted octanol–water partition coefficient (Wildman–Crippen LogP) is 3.80. The smallest absolute Gasteiger partial charge is 0.416 e. The third-order valence-electron chi connectivity index (χ3n) is 3.45. The van der Waals surface area contributed by atoms with E-state index in [1.807, 2.05) is 0 Å². The Bertz CT molecular complexity index is 701. The van der Waals surface area contributed by atoms with Crippen molar-refractivity contribution in [2.24, 2.45) is 0 Å². The van der Waals surface area contributed by atoms with Crippen molar-refractivity contribution in [1.29, 1.82) is 0 Å². The number of esters is 1. The van der Waals surface area contributed by atoms with Crippen molar-refractivity contribution in [1.82, 2.24) is 5.32 Å². The van der Waals surface area contributed by atoms with Gasteiger partial charge in [-0.05, 0) is 31.0 Å². The van der Waals surface area contributed by atoms with E-state index in [1.54, 1.807) is 0 Å². The summed E-state index contributed by atoms with van der Waals surface area (Å²) in [5.74, 6) is 0.123. The van der Waals surface area contributed by atoms with Gasteiger partial charge in [0.05, 0.1) is 18.2 Å². The van der Waals surface area contributed by atoms with Crippen LogP contribution in [0.5, 0.6) is 0 Å². The van der Waals surface area contributed by atoms with Crippen molar-refractivity contribution in [3.8, 4) is 12.3 Å². The molecule has 4 nitrogen and oxygen atoms in total.